The Bertz CT molecular complexity index is 479. The average molecular weight is 325 g/mol. The second-order valence-corrected chi connectivity index (χ2v) is 5.01. The van der Waals surface area contributed by atoms with Gasteiger partial charge in [0.15, 0.2) is 0 Å². The fourth-order valence-electron chi connectivity index (χ4n) is 1.66. The number of aliphatic hydroxyl groups is 2. The molecule has 0 radical (unpaired) electrons. The minimum atomic E-state index is -1.27. The van der Waals surface area contributed by atoms with E-state index in [9.17, 15) is 19.8 Å². The molecule has 0 aliphatic rings. The van der Waals surface area contributed by atoms with Gasteiger partial charge in [-0.1, -0.05) is 37.3 Å². The van der Waals surface area contributed by atoms with E-state index in [1.807, 2.05) is 37.3 Å². The molecule has 0 spiro atoms. The van der Waals surface area contributed by atoms with Gasteiger partial charge in [0.1, 0.15) is 25.4 Å². The zero-order chi connectivity index (χ0) is 17.1. The molecule has 0 saturated carbocycles. The quantitative estimate of drug-likeness (QED) is 0.585. The normalized spacial score (nSPS) is 13.0. The van der Waals surface area contributed by atoms with Gasteiger partial charge >= 0.3 is 12.1 Å². The number of hydrogen-bond donors (Lipinski definition) is 3. The van der Waals surface area contributed by atoms with E-state index in [0.717, 1.165) is 5.56 Å². The number of rotatable bonds is 9. The van der Waals surface area contributed by atoms with Crippen molar-refractivity contribution < 1.29 is 29.3 Å². The Morgan fingerprint density at radius 3 is 2.48 bits per heavy atom. The molecule has 0 aliphatic carbocycles. The summed E-state index contributed by atoms with van der Waals surface area (Å²) in [6.45, 7) is 1.42. The first kappa shape index (κ1) is 18.9. The van der Waals surface area contributed by atoms with Gasteiger partial charge < -0.3 is 25.0 Å². The maximum atomic E-state index is 11.5. The SMILES string of the molecule is CCCC(=O)OCC(O)C(O)CNC(=O)OCc1ccccc1. The van der Waals surface area contributed by atoms with Crippen LogP contribution < -0.4 is 5.32 Å². The van der Waals surface area contributed by atoms with E-state index in [-0.39, 0.29) is 26.2 Å². The summed E-state index contributed by atoms with van der Waals surface area (Å²) in [4.78, 5) is 22.6. The van der Waals surface area contributed by atoms with Crippen molar-refractivity contribution in [2.24, 2.45) is 0 Å². The molecule has 0 fully saturated rings. The van der Waals surface area contributed by atoms with E-state index >= 15 is 0 Å². The van der Waals surface area contributed by atoms with Crippen LogP contribution in [0.15, 0.2) is 30.3 Å². The van der Waals surface area contributed by atoms with E-state index in [4.69, 9.17) is 9.47 Å². The van der Waals surface area contributed by atoms with Crippen LogP contribution in [0.3, 0.4) is 0 Å². The number of aliphatic hydroxyl groups excluding tert-OH is 2. The lowest BCUT2D eigenvalue weighted by molar-refractivity contribution is -0.148. The molecule has 2 unspecified atom stereocenters. The molecular weight excluding hydrogens is 302 g/mol. The highest BCUT2D eigenvalue weighted by atomic mass is 16.6. The van der Waals surface area contributed by atoms with Gasteiger partial charge in [-0.05, 0) is 12.0 Å². The summed E-state index contributed by atoms with van der Waals surface area (Å²) in [7, 11) is 0. The van der Waals surface area contributed by atoms with Crippen molar-refractivity contribution in [2.75, 3.05) is 13.2 Å². The van der Waals surface area contributed by atoms with Crippen molar-refractivity contribution in [3.8, 4) is 0 Å². The minimum Gasteiger partial charge on any atom is -0.463 e. The number of carbonyl (C=O) groups excluding carboxylic acids is 2. The molecule has 1 rings (SSSR count). The van der Waals surface area contributed by atoms with Crippen LogP contribution >= 0.6 is 0 Å². The Balaban J connectivity index is 2.19. The number of alkyl carbamates (subject to hydrolysis) is 1. The minimum absolute atomic E-state index is 0.111. The Labute approximate surface area is 135 Å². The number of ether oxygens (including phenoxy) is 2. The predicted octanol–water partition coefficient (Wildman–Crippen LogP) is 0.978. The molecule has 23 heavy (non-hydrogen) atoms. The number of benzene rings is 1. The Kier molecular flexibility index (Phi) is 8.71. The zero-order valence-corrected chi connectivity index (χ0v) is 13.1. The molecule has 7 nitrogen and oxygen atoms in total. The van der Waals surface area contributed by atoms with Gasteiger partial charge in [0.25, 0.3) is 0 Å². The van der Waals surface area contributed by atoms with E-state index in [1.54, 1.807) is 0 Å². The highest BCUT2D eigenvalue weighted by Gasteiger charge is 2.19. The summed E-state index contributed by atoms with van der Waals surface area (Å²) in [6, 6.07) is 9.15. The number of hydrogen-bond acceptors (Lipinski definition) is 6. The molecule has 1 aromatic rings. The smallest absolute Gasteiger partial charge is 0.407 e. The highest BCUT2D eigenvalue weighted by molar-refractivity contribution is 5.69. The summed E-state index contributed by atoms with van der Waals surface area (Å²) in [5.41, 5.74) is 0.839. The topological polar surface area (TPSA) is 105 Å². The summed E-state index contributed by atoms with van der Waals surface area (Å²) < 4.78 is 9.74. The second kappa shape index (κ2) is 10.6. The third kappa shape index (κ3) is 8.18. The van der Waals surface area contributed by atoms with Crippen LogP contribution in [-0.2, 0) is 20.9 Å². The maximum absolute atomic E-state index is 11.5. The van der Waals surface area contributed by atoms with E-state index in [0.29, 0.717) is 6.42 Å². The van der Waals surface area contributed by atoms with Gasteiger partial charge in [0, 0.05) is 13.0 Å². The van der Waals surface area contributed by atoms with Crippen molar-refractivity contribution in [3.63, 3.8) is 0 Å². The van der Waals surface area contributed by atoms with Crippen molar-refractivity contribution in [1.29, 1.82) is 0 Å². The van der Waals surface area contributed by atoms with Crippen LogP contribution in [0.25, 0.3) is 0 Å². The first-order valence-electron chi connectivity index (χ1n) is 7.49. The molecule has 0 bridgehead atoms. The van der Waals surface area contributed by atoms with Crippen LogP contribution in [0.4, 0.5) is 4.79 Å². The van der Waals surface area contributed by atoms with Crippen LogP contribution in [0.2, 0.25) is 0 Å². The lowest BCUT2D eigenvalue weighted by Crippen LogP contribution is -2.41. The van der Waals surface area contributed by atoms with Crippen LogP contribution in [0.1, 0.15) is 25.3 Å². The predicted molar refractivity (Wildman–Crippen MR) is 82.5 cm³/mol. The molecule has 0 saturated heterocycles. The van der Waals surface area contributed by atoms with Gasteiger partial charge in [-0.3, -0.25) is 4.79 Å². The largest absolute Gasteiger partial charge is 0.463 e. The molecule has 0 aromatic heterocycles. The van der Waals surface area contributed by atoms with Crippen LogP contribution in [-0.4, -0.2) is 47.6 Å². The highest BCUT2D eigenvalue weighted by Crippen LogP contribution is 2.01. The third-order valence-corrected chi connectivity index (χ3v) is 2.98. The summed E-state index contributed by atoms with van der Waals surface area (Å²) in [5.74, 6) is -0.436. The summed E-state index contributed by atoms with van der Waals surface area (Å²) >= 11 is 0. The zero-order valence-electron chi connectivity index (χ0n) is 13.1. The standard InChI is InChI=1S/C16H23NO6/c1-2-6-15(20)22-11-14(19)13(18)9-17-16(21)23-10-12-7-4-3-5-8-12/h3-5,7-8,13-14,18-19H,2,6,9-11H2,1H3,(H,17,21). The number of carbonyl (C=O) groups is 2. The average Bonchev–Trinajstić information content (AvgIpc) is 2.56. The number of esters is 1. The lowest BCUT2D eigenvalue weighted by Gasteiger charge is -2.18. The first-order chi connectivity index (χ1) is 11.0. The fraction of sp³-hybridized carbons (Fsp3) is 0.500. The molecule has 1 aromatic carbocycles. The molecule has 1 amide bonds. The van der Waals surface area contributed by atoms with Crippen molar-refractivity contribution in [2.45, 2.75) is 38.6 Å². The molecule has 128 valence electrons. The number of amides is 1. The van der Waals surface area contributed by atoms with Gasteiger partial charge in [-0.25, -0.2) is 4.79 Å². The Hall–Kier alpha value is -2.12. The van der Waals surface area contributed by atoms with Gasteiger partial charge in [0.2, 0.25) is 0 Å². The van der Waals surface area contributed by atoms with E-state index < -0.39 is 24.3 Å². The molecule has 7 heteroatoms. The Morgan fingerprint density at radius 1 is 1.13 bits per heavy atom. The van der Waals surface area contributed by atoms with Crippen molar-refractivity contribution in [1.82, 2.24) is 5.32 Å². The monoisotopic (exact) mass is 325 g/mol. The summed E-state index contributed by atoms with van der Waals surface area (Å²) in [5, 5.41) is 21.7. The van der Waals surface area contributed by atoms with E-state index in [2.05, 4.69) is 5.32 Å². The Morgan fingerprint density at radius 2 is 1.83 bits per heavy atom. The molecule has 3 N–H and O–H groups in total. The lowest BCUT2D eigenvalue weighted by atomic mass is 10.2. The fourth-order valence-corrected chi connectivity index (χ4v) is 1.66. The summed E-state index contributed by atoms with van der Waals surface area (Å²) in [6.07, 6.45) is -2.33. The molecule has 0 aliphatic heterocycles. The van der Waals surface area contributed by atoms with Crippen LogP contribution in [0.5, 0.6) is 0 Å². The van der Waals surface area contributed by atoms with Crippen molar-refractivity contribution >= 4 is 12.1 Å². The third-order valence-electron chi connectivity index (χ3n) is 2.98. The molecule has 0 heterocycles. The van der Waals surface area contributed by atoms with Crippen molar-refractivity contribution in [3.05, 3.63) is 35.9 Å². The van der Waals surface area contributed by atoms with E-state index in [1.165, 1.54) is 0 Å². The van der Waals surface area contributed by atoms with Gasteiger partial charge in [-0.15, -0.1) is 0 Å². The maximum Gasteiger partial charge on any atom is 0.407 e. The van der Waals surface area contributed by atoms with Gasteiger partial charge in [-0.2, -0.15) is 0 Å². The first-order valence-corrected chi connectivity index (χ1v) is 7.49. The molecule has 2 atom stereocenters. The van der Waals surface area contributed by atoms with Gasteiger partial charge in [0.05, 0.1) is 0 Å². The number of nitrogens with one attached hydrogen (secondary N) is 1. The molecular formula is C16H23NO6. The van der Waals surface area contributed by atoms with Crippen LogP contribution in [0, 0.1) is 0 Å². The second-order valence-electron chi connectivity index (χ2n) is 5.01.